The highest BCUT2D eigenvalue weighted by Crippen LogP contribution is 2.17. The Kier molecular flexibility index (Phi) is 5.73. The first-order chi connectivity index (χ1) is 9.21. The van der Waals surface area contributed by atoms with Crippen LogP contribution >= 0.6 is 12.4 Å². The van der Waals surface area contributed by atoms with Crippen LogP contribution in [0.1, 0.15) is 6.92 Å². The molecule has 21 heavy (non-hydrogen) atoms. The fraction of sp³-hybridized carbons (Fsp3) is 0.545. The third-order valence-corrected chi connectivity index (χ3v) is 5.91. The van der Waals surface area contributed by atoms with Gasteiger partial charge in [-0.25, -0.2) is 21.8 Å². The maximum atomic E-state index is 12.4. The molecule has 1 aliphatic rings. The highest BCUT2D eigenvalue weighted by molar-refractivity contribution is 7.90. The van der Waals surface area contributed by atoms with E-state index in [1.807, 2.05) is 6.92 Å². The molecule has 1 atom stereocenters. The number of hydrogen-bond donors (Lipinski definition) is 1. The number of hydrogen-bond acceptors (Lipinski definition) is 6. The molecule has 0 unspecified atom stereocenters. The fourth-order valence-electron chi connectivity index (χ4n) is 2.00. The van der Waals surface area contributed by atoms with E-state index in [0.717, 1.165) is 12.5 Å². The van der Waals surface area contributed by atoms with Crippen molar-refractivity contribution in [1.29, 1.82) is 0 Å². The summed E-state index contributed by atoms with van der Waals surface area (Å²) in [5, 5.41) is 3.03. The van der Waals surface area contributed by atoms with Gasteiger partial charge in [0.25, 0.3) is 0 Å². The fourth-order valence-corrected chi connectivity index (χ4v) is 4.04. The predicted octanol–water partition coefficient (Wildman–Crippen LogP) is -0.111. The summed E-state index contributed by atoms with van der Waals surface area (Å²) in [5.74, 6) is 0. The van der Waals surface area contributed by atoms with Gasteiger partial charge in [0.05, 0.1) is 0 Å². The molecule has 1 aromatic rings. The minimum Gasteiger partial charge on any atom is -0.312 e. The Balaban J connectivity index is 0.00000220. The lowest BCUT2D eigenvalue weighted by molar-refractivity contribution is 0.310. The molecular weight excluding hydrogens is 338 g/mol. The van der Waals surface area contributed by atoms with Crippen LogP contribution in [-0.4, -0.2) is 58.1 Å². The van der Waals surface area contributed by atoms with Gasteiger partial charge in [-0.05, 0) is 19.1 Å². The summed E-state index contributed by atoms with van der Waals surface area (Å²) in [5.41, 5.74) is 0. The first-order valence-electron chi connectivity index (χ1n) is 6.11. The maximum Gasteiger partial charge on any atom is 0.244 e. The van der Waals surface area contributed by atoms with E-state index in [2.05, 4.69) is 10.3 Å². The van der Waals surface area contributed by atoms with Crippen LogP contribution in [0.25, 0.3) is 0 Å². The summed E-state index contributed by atoms with van der Waals surface area (Å²) in [6.07, 6.45) is 2.12. The van der Waals surface area contributed by atoms with E-state index in [1.165, 1.54) is 16.4 Å². The number of halogens is 1. The van der Waals surface area contributed by atoms with Crippen molar-refractivity contribution in [3.05, 3.63) is 18.3 Å². The van der Waals surface area contributed by atoms with E-state index in [9.17, 15) is 16.8 Å². The molecule has 120 valence electrons. The van der Waals surface area contributed by atoms with Crippen LogP contribution in [0.2, 0.25) is 0 Å². The van der Waals surface area contributed by atoms with Crippen molar-refractivity contribution >= 4 is 32.3 Å². The van der Waals surface area contributed by atoms with E-state index < -0.39 is 19.9 Å². The van der Waals surface area contributed by atoms with Gasteiger partial charge in [0.15, 0.2) is 14.9 Å². The molecule has 0 bridgehead atoms. The summed E-state index contributed by atoms with van der Waals surface area (Å²) in [6.45, 7) is 3.28. The molecule has 1 saturated heterocycles. The van der Waals surface area contributed by atoms with Crippen LogP contribution in [0.15, 0.2) is 28.3 Å². The van der Waals surface area contributed by atoms with Crippen molar-refractivity contribution in [2.45, 2.75) is 22.9 Å². The zero-order valence-corrected chi connectivity index (χ0v) is 14.1. The van der Waals surface area contributed by atoms with E-state index in [4.69, 9.17) is 0 Å². The molecular formula is C11H18ClN3O4S2. The molecule has 0 aliphatic carbocycles. The molecule has 7 nitrogen and oxygen atoms in total. The number of aromatic nitrogens is 1. The molecule has 1 fully saturated rings. The molecule has 1 N–H and O–H groups in total. The quantitative estimate of drug-likeness (QED) is 0.812. The van der Waals surface area contributed by atoms with Gasteiger partial charge in [0.2, 0.25) is 10.0 Å². The van der Waals surface area contributed by atoms with Crippen LogP contribution < -0.4 is 5.32 Å². The molecule has 0 spiro atoms. The zero-order valence-electron chi connectivity index (χ0n) is 11.7. The molecule has 0 amide bonds. The first kappa shape index (κ1) is 18.3. The van der Waals surface area contributed by atoms with Gasteiger partial charge >= 0.3 is 0 Å². The smallest absolute Gasteiger partial charge is 0.244 e. The summed E-state index contributed by atoms with van der Waals surface area (Å²) in [7, 11) is -7.05. The second kappa shape index (κ2) is 6.57. The molecule has 2 rings (SSSR count). The predicted molar refractivity (Wildman–Crippen MR) is 80.8 cm³/mol. The van der Waals surface area contributed by atoms with E-state index in [0.29, 0.717) is 19.6 Å². The molecule has 0 radical (unpaired) electrons. The van der Waals surface area contributed by atoms with Gasteiger partial charge in [-0.3, -0.25) is 0 Å². The summed E-state index contributed by atoms with van der Waals surface area (Å²) < 4.78 is 48.8. The topological polar surface area (TPSA) is 96.4 Å². The number of piperazine rings is 1. The van der Waals surface area contributed by atoms with E-state index >= 15 is 0 Å². The van der Waals surface area contributed by atoms with Crippen molar-refractivity contribution in [2.24, 2.45) is 0 Å². The monoisotopic (exact) mass is 355 g/mol. The summed E-state index contributed by atoms with van der Waals surface area (Å²) >= 11 is 0. The Labute approximate surface area is 131 Å². The standard InChI is InChI=1S/C11H17N3O4S2.ClH/c1-9-8-14(6-5-12-9)20(17,18)10-3-4-11(13-7-10)19(2,15)16;/h3-4,7,9,12H,5-6,8H2,1-2H3;1H/t9-;/m1./s1. The van der Waals surface area contributed by atoms with E-state index in [-0.39, 0.29) is 28.4 Å². The molecule has 1 aromatic heterocycles. The van der Waals surface area contributed by atoms with Gasteiger partial charge in [0.1, 0.15) is 4.90 Å². The van der Waals surface area contributed by atoms with Gasteiger partial charge in [-0.2, -0.15) is 4.31 Å². The third-order valence-electron chi connectivity index (χ3n) is 3.06. The molecule has 2 heterocycles. The number of nitrogens with one attached hydrogen (secondary N) is 1. The van der Waals surface area contributed by atoms with Gasteiger partial charge in [0, 0.05) is 38.1 Å². The second-order valence-electron chi connectivity index (χ2n) is 4.82. The minimum atomic E-state index is -3.62. The normalized spacial score (nSPS) is 20.8. The van der Waals surface area contributed by atoms with Crippen molar-refractivity contribution in [3.63, 3.8) is 0 Å². The Morgan fingerprint density at radius 1 is 1.29 bits per heavy atom. The highest BCUT2D eigenvalue weighted by Gasteiger charge is 2.28. The lowest BCUT2D eigenvalue weighted by Gasteiger charge is -2.30. The lowest BCUT2D eigenvalue weighted by atomic mass is 10.3. The Morgan fingerprint density at radius 3 is 2.43 bits per heavy atom. The SMILES string of the molecule is C[C@@H]1CN(S(=O)(=O)c2ccc(S(C)(=O)=O)nc2)CCN1.Cl. The number of pyridine rings is 1. The minimum absolute atomic E-state index is 0. The van der Waals surface area contributed by atoms with Crippen molar-refractivity contribution in [2.75, 3.05) is 25.9 Å². The van der Waals surface area contributed by atoms with Crippen LogP contribution in [0.5, 0.6) is 0 Å². The average molecular weight is 356 g/mol. The largest absolute Gasteiger partial charge is 0.312 e. The van der Waals surface area contributed by atoms with Crippen LogP contribution in [0, 0.1) is 0 Å². The molecule has 0 aromatic carbocycles. The number of rotatable bonds is 3. The second-order valence-corrected chi connectivity index (χ2v) is 8.72. The van der Waals surface area contributed by atoms with Gasteiger partial charge in [-0.1, -0.05) is 0 Å². The van der Waals surface area contributed by atoms with Gasteiger partial charge in [-0.15, -0.1) is 12.4 Å². The first-order valence-corrected chi connectivity index (χ1v) is 9.44. The lowest BCUT2D eigenvalue weighted by Crippen LogP contribution is -2.51. The van der Waals surface area contributed by atoms with Crippen molar-refractivity contribution in [3.8, 4) is 0 Å². The number of sulfone groups is 1. The van der Waals surface area contributed by atoms with Crippen molar-refractivity contribution in [1.82, 2.24) is 14.6 Å². The van der Waals surface area contributed by atoms with Crippen LogP contribution in [0.4, 0.5) is 0 Å². The maximum absolute atomic E-state index is 12.4. The van der Waals surface area contributed by atoms with Crippen molar-refractivity contribution < 1.29 is 16.8 Å². The summed E-state index contributed by atoms with van der Waals surface area (Å²) in [4.78, 5) is 3.73. The van der Waals surface area contributed by atoms with Gasteiger partial charge < -0.3 is 5.32 Å². The number of sulfonamides is 1. The highest BCUT2D eigenvalue weighted by atomic mass is 35.5. The molecule has 0 saturated carbocycles. The Morgan fingerprint density at radius 2 is 1.95 bits per heavy atom. The van der Waals surface area contributed by atoms with Crippen LogP contribution in [-0.2, 0) is 19.9 Å². The molecule has 1 aliphatic heterocycles. The Hall–Kier alpha value is -0.740. The molecule has 10 heteroatoms. The number of nitrogens with zero attached hydrogens (tertiary/aromatic N) is 2. The Bertz CT molecular complexity index is 689. The third kappa shape index (κ3) is 4.13. The average Bonchev–Trinajstić information content (AvgIpc) is 2.38. The van der Waals surface area contributed by atoms with E-state index in [1.54, 1.807) is 0 Å². The zero-order chi connectivity index (χ0) is 15.0. The summed E-state index contributed by atoms with van der Waals surface area (Å²) in [6, 6.07) is 2.58. The van der Waals surface area contributed by atoms with Crippen LogP contribution in [0.3, 0.4) is 0 Å².